The minimum atomic E-state index is 0.222. The quantitative estimate of drug-likeness (QED) is 0.928. The highest BCUT2D eigenvalue weighted by molar-refractivity contribution is 5.74. The molecule has 2 aromatic rings. The zero-order valence-corrected chi connectivity index (χ0v) is 11.4. The molecule has 106 valence electrons. The molecule has 2 saturated heterocycles. The van der Waals surface area contributed by atoms with Gasteiger partial charge < -0.3 is 14.5 Å². The average molecular weight is 273 g/mol. The Labute approximate surface area is 117 Å². The molecule has 0 saturated carbocycles. The number of aromatic nitrogens is 1. The van der Waals surface area contributed by atoms with Crippen LogP contribution in [0.3, 0.4) is 0 Å². The Morgan fingerprint density at radius 1 is 1.35 bits per heavy atom. The summed E-state index contributed by atoms with van der Waals surface area (Å²) >= 11 is 0. The van der Waals surface area contributed by atoms with Crippen molar-refractivity contribution in [2.75, 3.05) is 31.6 Å². The molecule has 5 heteroatoms. The van der Waals surface area contributed by atoms with E-state index in [0.717, 1.165) is 30.8 Å². The number of oxazole rings is 1. The molecule has 2 aliphatic heterocycles. The fourth-order valence-electron chi connectivity index (χ4n) is 3.16. The Kier molecular flexibility index (Phi) is 3.09. The van der Waals surface area contributed by atoms with Crippen LogP contribution in [-0.4, -0.2) is 48.3 Å². The van der Waals surface area contributed by atoms with Crippen molar-refractivity contribution < 1.29 is 9.15 Å². The summed E-state index contributed by atoms with van der Waals surface area (Å²) in [6, 6.07) is 9.03. The molecule has 1 aromatic carbocycles. The summed E-state index contributed by atoms with van der Waals surface area (Å²) in [7, 11) is 0. The SMILES string of the molecule is c1ccc2oc(NCC3CN4CCCC4CO3)nc2c1. The minimum Gasteiger partial charge on any atom is -0.424 e. The Balaban J connectivity index is 1.38. The summed E-state index contributed by atoms with van der Waals surface area (Å²) in [5.74, 6) is 0. The highest BCUT2D eigenvalue weighted by Crippen LogP contribution is 2.23. The predicted octanol–water partition coefficient (Wildman–Crippen LogP) is 2.10. The van der Waals surface area contributed by atoms with Gasteiger partial charge in [0.1, 0.15) is 5.52 Å². The molecule has 2 fully saturated rings. The predicted molar refractivity (Wildman–Crippen MR) is 76.8 cm³/mol. The van der Waals surface area contributed by atoms with Crippen LogP contribution in [0.2, 0.25) is 0 Å². The number of anilines is 1. The van der Waals surface area contributed by atoms with Gasteiger partial charge >= 0.3 is 0 Å². The fraction of sp³-hybridized carbons (Fsp3) is 0.533. The topological polar surface area (TPSA) is 50.5 Å². The third-order valence-corrected chi connectivity index (χ3v) is 4.24. The molecule has 0 amide bonds. The normalized spacial score (nSPS) is 26.8. The van der Waals surface area contributed by atoms with Gasteiger partial charge in [-0.25, -0.2) is 0 Å². The van der Waals surface area contributed by atoms with Gasteiger partial charge in [-0.3, -0.25) is 4.90 Å². The van der Waals surface area contributed by atoms with Crippen molar-refractivity contribution in [3.63, 3.8) is 0 Å². The first kappa shape index (κ1) is 12.2. The molecule has 4 rings (SSSR count). The Bertz CT molecular complexity index is 565. The molecule has 2 unspecified atom stereocenters. The number of nitrogens with zero attached hydrogens (tertiary/aromatic N) is 2. The number of para-hydroxylation sites is 2. The monoisotopic (exact) mass is 273 g/mol. The molecule has 0 bridgehead atoms. The molecular formula is C15H19N3O2. The smallest absolute Gasteiger partial charge is 0.295 e. The highest BCUT2D eigenvalue weighted by atomic mass is 16.5. The molecule has 3 heterocycles. The molecule has 0 spiro atoms. The molecule has 0 aliphatic carbocycles. The van der Waals surface area contributed by atoms with Crippen LogP contribution in [0.1, 0.15) is 12.8 Å². The lowest BCUT2D eigenvalue weighted by Gasteiger charge is -2.35. The number of rotatable bonds is 3. The van der Waals surface area contributed by atoms with Crippen LogP contribution in [-0.2, 0) is 4.74 Å². The molecule has 20 heavy (non-hydrogen) atoms. The minimum absolute atomic E-state index is 0.222. The number of ether oxygens (including phenoxy) is 1. The number of hydrogen-bond donors (Lipinski definition) is 1. The van der Waals surface area contributed by atoms with Gasteiger partial charge in [0.2, 0.25) is 0 Å². The third kappa shape index (κ3) is 2.27. The van der Waals surface area contributed by atoms with Crippen molar-refractivity contribution >= 4 is 17.1 Å². The van der Waals surface area contributed by atoms with Crippen molar-refractivity contribution in [1.82, 2.24) is 9.88 Å². The molecule has 5 nitrogen and oxygen atoms in total. The van der Waals surface area contributed by atoms with Crippen molar-refractivity contribution in [2.45, 2.75) is 25.0 Å². The molecular weight excluding hydrogens is 254 g/mol. The van der Waals surface area contributed by atoms with Crippen molar-refractivity contribution in [1.29, 1.82) is 0 Å². The van der Waals surface area contributed by atoms with E-state index in [9.17, 15) is 0 Å². The number of nitrogens with one attached hydrogen (secondary N) is 1. The second-order valence-corrected chi connectivity index (χ2v) is 5.61. The third-order valence-electron chi connectivity index (χ3n) is 4.24. The summed E-state index contributed by atoms with van der Waals surface area (Å²) in [5, 5.41) is 3.25. The van der Waals surface area contributed by atoms with E-state index in [4.69, 9.17) is 9.15 Å². The lowest BCUT2D eigenvalue weighted by atomic mass is 10.2. The van der Waals surface area contributed by atoms with Gasteiger partial charge in [0.05, 0.1) is 12.7 Å². The van der Waals surface area contributed by atoms with E-state index < -0.39 is 0 Å². The summed E-state index contributed by atoms with van der Waals surface area (Å²) in [4.78, 5) is 6.96. The summed E-state index contributed by atoms with van der Waals surface area (Å²) < 4.78 is 11.6. The van der Waals surface area contributed by atoms with Crippen LogP contribution in [0.25, 0.3) is 11.1 Å². The summed E-state index contributed by atoms with van der Waals surface area (Å²) in [5.41, 5.74) is 1.71. The van der Waals surface area contributed by atoms with Crippen LogP contribution < -0.4 is 5.32 Å². The van der Waals surface area contributed by atoms with Crippen LogP contribution >= 0.6 is 0 Å². The molecule has 1 aromatic heterocycles. The fourth-order valence-corrected chi connectivity index (χ4v) is 3.16. The highest BCUT2D eigenvalue weighted by Gasteiger charge is 2.32. The van der Waals surface area contributed by atoms with Gasteiger partial charge in [-0.1, -0.05) is 12.1 Å². The van der Waals surface area contributed by atoms with Crippen LogP contribution in [0, 0.1) is 0 Å². The van der Waals surface area contributed by atoms with Crippen molar-refractivity contribution in [3.8, 4) is 0 Å². The summed E-state index contributed by atoms with van der Waals surface area (Å²) in [6.07, 6.45) is 2.81. The Morgan fingerprint density at radius 2 is 2.30 bits per heavy atom. The maximum atomic E-state index is 5.91. The zero-order valence-electron chi connectivity index (χ0n) is 11.4. The van der Waals surface area contributed by atoms with E-state index in [2.05, 4.69) is 15.2 Å². The number of hydrogen-bond acceptors (Lipinski definition) is 5. The van der Waals surface area contributed by atoms with Gasteiger partial charge in [-0.15, -0.1) is 0 Å². The second-order valence-electron chi connectivity index (χ2n) is 5.61. The van der Waals surface area contributed by atoms with Gasteiger partial charge in [0.15, 0.2) is 5.58 Å². The van der Waals surface area contributed by atoms with Gasteiger partial charge in [0.25, 0.3) is 6.01 Å². The van der Waals surface area contributed by atoms with Crippen molar-refractivity contribution in [2.24, 2.45) is 0 Å². The van der Waals surface area contributed by atoms with E-state index in [1.165, 1.54) is 19.4 Å². The molecule has 2 aliphatic rings. The number of morpholine rings is 1. The lowest BCUT2D eigenvalue weighted by Crippen LogP contribution is -2.48. The van der Waals surface area contributed by atoms with Crippen LogP contribution in [0.15, 0.2) is 28.7 Å². The van der Waals surface area contributed by atoms with Crippen molar-refractivity contribution in [3.05, 3.63) is 24.3 Å². The Morgan fingerprint density at radius 3 is 3.25 bits per heavy atom. The first-order chi connectivity index (χ1) is 9.88. The first-order valence-corrected chi connectivity index (χ1v) is 7.33. The number of benzene rings is 1. The second kappa shape index (κ2) is 5.07. The van der Waals surface area contributed by atoms with Crippen LogP contribution in [0.5, 0.6) is 0 Å². The molecule has 1 N–H and O–H groups in total. The number of fused-ring (bicyclic) bond motifs is 2. The molecule has 2 atom stereocenters. The van der Waals surface area contributed by atoms with E-state index in [0.29, 0.717) is 12.1 Å². The summed E-state index contributed by atoms with van der Waals surface area (Å²) in [6.45, 7) is 3.83. The van der Waals surface area contributed by atoms with Gasteiger partial charge in [0, 0.05) is 19.1 Å². The zero-order chi connectivity index (χ0) is 13.4. The Hall–Kier alpha value is -1.59. The van der Waals surface area contributed by atoms with E-state index in [-0.39, 0.29) is 6.10 Å². The van der Waals surface area contributed by atoms with Crippen LogP contribution in [0.4, 0.5) is 6.01 Å². The first-order valence-electron chi connectivity index (χ1n) is 7.33. The van der Waals surface area contributed by atoms with E-state index in [1.54, 1.807) is 0 Å². The molecule has 0 radical (unpaired) electrons. The standard InChI is InChI=1S/C15H19N3O2/c1-2-6-14-13(5-1)17-15(20-14)16-8-12-9-18-7-3-4-11(18)10-19-12/h1-2,5-6,11-12H,3-4,7-10H2,(H,16,17). The maximum absolute atomic E-state index is 5.91. The maximum Gasteiger partial charge on any atom is 0.295 e. The van der Waals surface area contributed by atoms with E-state index >= 15 is 0 Å². The van der Waals surface area contributed by atoms with Gasteiger partial charge in [-0.2, -0.15) is 4.98 Å². The average Bonchev–Trinajstić information content (AvgIpc) is 3.10. The lowest BCUT2D eigenvalue weighted by molar-refractivity contribution is -0.0417. The van der Waals surface area contributed by atoms with E-state index in [1.807, 2.05) is 24.3 Å². The largest absolute Gasteiger partial charge is 0.424 e. The van der Waals surface area contributed by atoms with Gasteiger partial charge in [-0.05, 0) is 31.5 Å².